The molecule has 0 N–H and O–H groups in total. The molecule has 19 heavy (non-hydrogen) atoms. The molecule has 1 aromatic rings. The van der Waals surface area contributed by atoms with Gasteiger partial charge < -0.3 is 9.64 Å². The first-order chi connectivity index (χ1) is 8.78. The third kappa shape index (κ3) is 3.08. The number of hydrogen-bond donors (Lipinski definition) is 0. The Morgan fingerprint density at radius 3 is 2.74 bits per heavy atom. The summed E-state index contributed by atoms with van der Waals surface area (Å²) in [5.74, 6) is -0.176. The van der Waals surface area contributed by atoms with Gasteiger partial charge in [-0.15, -0.1) is 0 Å². The normalized spacial score (nSPS) is 15.1. The lowest BCUT2D eigenvalue weighted by Gasteiger charge is -2.32. The van der Waals surface area contributed by atoms with Crippen molar-refractivity contribution < 1.29 is 13.9 Å². The standard InChI is InChI=1S/C14H19BFNO2/c1-14(2,3)19-13(18)17-7-6-10-9(8-17)4-5-11(16)12(10)15/h4-5H,6-8,15H2,1-3H3. The van der Waals surface area contributed by atoms with Crippen LogP contribution in [0.15, 0.2) is 12.1 Å². The Labute approximate surface area is 114 Å². The van der Waals surface area contributed by atoms with Gasteiger partial charge in [-0.2, -0.15) is 0 Å². The van der Waals surface area contributed by atoms with Gasteiger partial charge in [0.1, 0.15) is 19.3 Å². The van der Waals surface area contributed by atoms with E-state index in [-0.39, 0.29) is 11.9 Å². The van der Waals surface area contributed by atoms with Gasteiger partial charge in [-0.1, -0.05) is 11.5 Å². The second-order valence-corrected chi connectivity index (χ2v) is 5.96. The Balaban J connectivity index is 2.15. The maximum absolute atomic E-state index is 13.5. The number of benzene rings is 1. The molecule has 0 saturated carbocycles. The fourth-order valence-corrected chi connectivity index (χ4v) is 2.29. The minimum atomic E-state index is -0.490. The van der Waals surface area contributed by atoms with Crippen LogP contribution in [0.1, 0.15) is 31.9 Å². The first kappa shape index (κ1) is 13.9. The molecule has 1 aromatic carbocycles. The van der Waals surface area contributed by atoms with Crippen LogP contribution in [0.3, 0.4) is 0 Å². The number of rotatable bonds is 0. The average Bonchev–Trinajstić information content (AvgIpc) is 2.31. The van der Waals surface area contributed by atoms with Gasteiger partial charge in [-0.05, 0) is 44.4 Å². The zero-order valence-electron chi connectivity index (χ0n) is 11.9. The molecule has 0 unspecified atom stereocenters. The van der Waals surface area contributed by atoms with Crippen LogP contribution in [0.2, 0.25) is 0 Å². The molecule has 102 valence electrons. The fraction of sp³-hybridized carbons (Fsp3) is 0.500. The maximum atomic E-state index is 13.5. The van der Waals surface area contributed by atoms with Crippen molar-refractivity contribution in [2.24, 2.45) is 0 Å². The highest BCUT2D eigenvalue weighted by Gasteiger charge is 2.26. The summed E-state index contributed by atoms with van der Waals surface area (Å²) in [5, 5.41) is 0. The van der Waals surface area contributed by atoms with E-state index < -0.39 is 5.60 Å². The van der Waals surface area contributed by atoms with Gasteiger partial charge in [0.05, 0.1) is 0 Å². The summed E-state index contributed by atoms with van der Waals surface area (Å²) < 4.78 is 18.8. The molecule has 1 aliphatic heterocycles. The maximum Gasteiger partial charge on any atom is 0.410 e. The second-order valence-electron chi connectivity index (χ2n) is 5.96. The Bertz CT molecular complexity index is 511. The molecule has 0 radical (unpaired) electrons. The number of ether oxygens (including phenoxy) is 1. The Hall–Kier alpha value is -1.52. The molecule has 1 amide bonds. The molecular formula is C14H19BFNO2. The van der Waals surface area contributed by atoms with Crippen molar-refractivity contribution in [1.82, 2.24) is 4.90 Å². The molecule has 0 aliphatic carbocycles. The molecule has 0 spiro atoms. The molecule has 0 atom stereocenters. The number of carbonyl (C=O) groups excluding carboxylic acids is 1. The molecule has 1 heterocycles. The van der Waals surface area contributed by atoms with E-state index >= 15 is 0 Å². The Morgan fingerprint density at radius 1 is 1.42 bits per heavy atom. The summed E-state index contributed by atoms with van der Waals surface area (Å²) in [6.07, 6.45) is 0.373. The highest BCUT2D eigenvalue weighted by Crippen LogP contribution is 2.20. The number of amides is 1. The summed E-state index contributed by atoms with van der Waals surface area (Å²) in [4.78, 5) is 13.7. The number of fused-ring (bicyclic) bond motifs is 1. The summed E-state index contributed by atoms with van der Waals surface area (Å²) in [7, 11) is 1.79. The van der Waals surface area contributed by atoms with Crippen LogP contribution in [0.25, 0.3) is 0 Å². The largest absolute Gasteiger partial charge is 0.444 e. The highest BCUT2D eigenvalue weighted by atomic mass is 19.1. The number of halogens is 1. The molecule has 5 heteroatoms. The lowest BCUT2D eigenvalue weighted by atomic mass is 9.84. The zero-order valence-corrected chi connectivity index (χ0v) is 11.9. The highest BCUT2D eigenvalue weighted by molar-refractivity contribution is 6.33. The van der Waals surface area contributed by atoms with E-state index in [2.05, 4.69) is 0 Å². The van der Waals surface area contributed by atoms with Crippen LogP contribution in [0.4, 0.5) is 9.18 Å². The van der Waals surface area contributed by atoms with Crippen molar-refractivity contribution in [2.45, 2.75) is 39.3 Å². The van der Waals surface area contributed by atoms with Gasteiger partial charge in [-0.3, -0.25) is 0 Å². The van der Waals surface area contributed by atoms with Crippen LogP contribution >= 0.6 is 0 Å². The summed E-state index contributed by atoms with van der Waals surface area (Å²) in [6.45, 7) is 6.62. The van der Waals surface area contributed by atoms with Crippen LogP contribution in [-0.2, 0) is 17.7 Å². The minimum Gasteiger partial charge on any atom is -0.444 e. The van der Waals surface area contributed by atoms with Gasteiger partial charge in [-0.25, -0.2) is 9.18 Å². The van der Waals surface area contributed by atoms with Crippen LogP contribution in [0, 0.1) is 5.82 Å². The third-order valence-electron chi connectivity index (χ3n) is 3.27. The van der Waals surface area contributed by atoms with E-state index in [4.69, 9.17) is 4.74 Å². The van der Waals surface area contributed by atoms with E-state index in [1.807, 2.05) is 20.8 Å². The molecular weight excluding hydrogens is 244 g/mol. The molecule has 0 saturated heterocycles. The smallest absolute Gasteiger partial charge is 0.410 e. The summed E-state index contributed by atoms with van der Waals surface area (Å²) in [5.41, 5.74) is 2.24. The monoisotopic (exact) mass is 263 g/mol. The molecule has 0 bridgehead atoms. The third-order valence-corrected chi connectivity index (χ3v) is 3.27. The number of hydrogen-bond acceptors (Lipinski definition) is 2. The predicted octanol–water partition coefficient (Wildman–Crippen LogP) is 1.38. The SMILES string of the molecule is Bc1c(F)ccc2c1CCN(C(=O)OC(C)(C)C)C2. The van der Waals surface area contributed by atoms with Crippen molar-refractivity contribution in [3.8, 4) is 0 Å². The van der Waals surface area contributed by atoms with Gasteiger partial charge in [0.25, 0.3) is 0 Å². The molecule has 2 rings (SSSR count). The van der Waals surface area contributed by atoms with Crippen LogP contribution < -0.4 is 5.46 Å². The van der Waals surface area contributed by atoms with Crippen molar-refractivity contribution in [2.75, 3.05) is 6.54 Å². The van der Waals surface area contributed by atoms with Gasteiger partial charge >= 0.3 is 6.09 Å². The summed E-state index contributed by atoms with van der Waals surface area (Å²) in [6, 6.07) is 3.22. The average molecular weight is 263 g/mol. The molecule has 3 nitrogen and oxygen atoms in total. The Morgan fingerprint density at radius 2 is 2.11 bits per heavy atom. The van der Waals surface area contributed by atoms with E-state index in [1.165, 1.54) is 6.07 Å². The van der Waals surface area contributed by atoms with E-state index in [0.29, 0.717) is 25.0 Å². The predicted molar refractivity (Wildman–Crippen MR) is 74.9 cm³/mol. The number of nitrogens with zero attached hydrogens (tertiary/aromatic N) is 1. The van der Waals surface area contributed by atoms with Crippen molar-refractivity contribution in [3.63, 3.8) is 0 Å². The van der Waals surface area contributed by atoms with Crippen molar-refractivity contribution in [1.29, 1.82) is 0 Å². The van der Waals surface area contributed by atoms with E-state index in [1.54, 1.807) is 18.8 Å². The molecule has 0 aromatic heterocycles. The number of carbonyl (C=O) groups is 1. The van der Waals surface area contributed by atoms with Crippen LogP contribution in [0.5, 0.6) is 0 Å². The van der Waals surface area contributed by atoms with Gasteiger partial charge in [0, 0.05) is 13.1 Å². The van der Waals surface area contributed by atoms with Crippen molar-refractivity contribution in [3.05, 3.63) is 29.1 Å². The Kier molecular flexibility index (Phi) is 3.57. The lowest BCUT2D eigenvalue weighted by Crippen LogP contribution is -2.41. The fourth-order valence-electron chi connectivity index (χ4n) is 2.29. The summed E-state index contributed by atoms with van der Waals surface area (Å²) >= 11 is 0. The topological polar surface area (TPSA) is 29.5 Å². The molecule has 0 fully saturated rings. The zero-order chi connectivity index (χ0) is 14.2. The van der Waals surface area contributed by atoms with Crippen molar-refractivity contribution >= 4 is 19.4 Å². The van der Waals surface area contributed by atoms with Crippen LogP contribution in [-0.4, -0.2) is 31.0 Å². The van der Waals surface area contributed by atoms with E-state index in [0.717, 1.165) is 11.1 Å². The quantitative estimate of drug-likeness (QED) is 0.662. The minimum absolute atomic E-state index is 0.176. The van der Waals surface area contributed by atoms with E-state index in [9.17, 15) is 9.18 Å². The second kappa shape index (κ2) is 4.87. The molecule has 1 aliphatic rings. The first-order valence-electron chi connectivity index (χ1n) is 6.53. The van der Waals surface area contributed by atoms with Gasteiger partial charge in [0.2, 0.25) is 0 Å². The van der Waals surface area contributed by atoms with Gasteiger partial charge in [0.15, 0.2) is 0 Å². The lowest BCUT2D eigenvalue weighted by molar-refractivity contribution is 0.0224. The first-order valence-corrected chi connectivity index (χ1v) is 6.53.